The average molecular weight is 333 g/mol. The fraction of sp³-hybridized carbons (Fsp3) is 0.294. The van der Waals surface area contributed by atoms with Gasteiger partial charge in [-0.25, -0.2) is 4.98 Å². The minimum absolute atomic E-state index is 0.0124. The maximum atomic E-state index is 12.8. The predicted octanol–water partition coefficient (Wildman–Crippen LogP) is 2.88. The number of imidazole rings is 1. The zero-order valence-electron chi connectivity index (χ0n) is 13.2. The molecule has 0 saturated heterocycles. The summed E-state index contributed by atoms with van der Waals surface area (Å²) in [5, 5.41) is 0. The van der Waals surface area contributed by atoms with Crippen LogP contribution >= 0.6 is 0 Å². The molecule has 0 saturated carbocycles. The van der Waals surface area contributed by atoms with E-state index in [0.29, 0.717) is 6.61 Å². The van der Waals surface area contributed by atoms with Gasteiger partial charge in [-0.2, -0.15) is 8.78 Å². The van der Waals surface area contributed by atoms with Crippen LogP contribution in [0.25, 0.3) is 6.08 Å². The van der Waals surface area contributed by atoms with E-state index in [4.69, 9.17) is 4.74 Å². The van der Waals surface area contributed by atoms with Gasteiger partial charge >= 0.3 is 6.55 Å². The molecule has 1 aliphatic rings. The highest BCUT2D eigenvalue weighted by Gasteiger charge is 2.15. The Balaban J connectivity index is 1.64. The Morgan fingerprint density at radius 1 is 1.50 bits per heavy atom. The molecular formula is C17H17F2N3O2. The first-order valence-electron chi connectivity index (χ1n) is 7.53. The number of aromatic nitrogens is 2. The van der Waals surface area contributed by atoms with Crippen LogP contribution in [0, 0.1) is 0 Å². The van der Waals surface area contributed by atoms with Crippen LogP contribution < -0.4 is 4.74 Å². The van der Waals surface area contributed by atoms with E-state index in [1.165, 1.54) is 23.4 Å². The molecule has 5 nitrogen and oxygen atoms in total. The van der Waals surface area contributed by atoms with Gasteiger partial charge in [0.05, 0.1) is 13.2 Å². The first-order valence-corrected chi connectivity index (χ1v) is 7.53. The fourth-order valence-corrected chi connectivity index (χ4v) is 2.54. The number of rotatable bonds is 5. The normalized spacial score (nSPS) is 13.3. The molecule has 1 amide bonds. The van der Waals surface area contributed by atoms with Crippen molar-refractivity contribution in [2.75, 3.05) is 13.7 Å². The Morgan fingerprint density at radius 2 is 2.33 bits per heavy atom. The largest absolute Gasteiger partial charge is 0.493 e. The third-order valence-corrected chi connectivity index (χ3v) is 3.85. The van der Waals surface area contributed by atoms with Gasteiger partial charge < -0.3 is 9.64 Å². The Kier molecular flexibility index (Phi) is 4.59. The molecule has 1 aromatic carbocycles. The van der Waals surface area contributed by atoms with Crippen molar-refractivity contribution in [1.29, 1.82) is 0 Å². The minimum atomic E-state index is -2.67. The Hall–Kier alpha value is -2.70. The first-order chi connectivity index (χ1) is 11.5. The van der Waals surface area contributed by atoms with Gasteiger partial charge in [0.25, 0.3) is 0 Å². The summed E-state index contributed by atoms with van der Waals surface area (Å²) in [6.45, 7) is -1.98. The maximum absolute atomic E-state index is 12.8. The van der Waals surface area contributed by atoms with Gasteiger partial charge in [0, 0.05) is 31.9 Å². The molecule has 0 N–H and O–H groups in total. The third kappa shape index (κ3) is 3.45. The number of carbonyl (C=O) groups is 1. The molecule has 2 heterocycles. The first kappa shape index (κ1) is 16.2. The van der Waals surface area contributed by atoms with Gasteiger partial charge in [-0.05, 0) is 29.3 Å². The van der Waals surface area contributed by atoms with Crippen molar-refractivity contribution in [1.82, 2.24) is 14.5 Å². The maximum Gasteiger partial charge on any atom is 0.319 e. The number of nitrogens with zero attached hydrogens (tertiary/aromatic N) is 3. The van der Waals surface area contributed by atoms with E-state index in [9.17, 15) is 13.6 Å². The lowest BCUT2D eigenvalue weighted by Crippen LogP contribution is -2.26. The number of alkyl halides is 2. The zero-order valence-corrected chi connectivity index (χ0v) is 13.2. The SMILES string of the molecule is CN(Cc1nccn1C(F)F)C(=O)/C=C/c1ccc2c(c1)CCO2. The summed E-state index contributed by atoms with van der Waals surface area (Å²) >= 11 is 0. The second-order valence-corrected chi connectivity index (χ2v) is 5.52. The molecular weight excluding hydrogens is 316 g/mol. The summed E-state index contributed by atoms with van der Waals surface area (Å²) in [4.78, 5) is 17.4. The minimum Gasteiger partial charge on any atom is -0.493 e. The summed E-state index contributed by atoms with van der Waals surface area (Å²) in [7, 11) is 1.55. The number of fused-ring (bicyclic) bond motifs is 1. The number of benzene rings is 1. The summed E-state index contributed by atoms with van der Waals surface area (Å²) in [6, 6.07) is 5.74. The van der Waals surface area contributed by atoms with E-state index >= 15 is 0 Å². The van der Waals surface area contributed by atoms with Crippen LogP contribution in [0.1, 0.15) is 23.5 Å². The molecule has 1 aromatic heterocycles. The second-order valence-electron chi connectivity index (χ2n) is 5.52. The van der Waals surface area contributed by atoms with Crippen molar-refractivity contribution in [3.05, 3.63) is 53.6 Å². The van der Waals surface area contributed by atoms with Gasteiger partial charge in [0.15, 0.2) is 0 Å². The molecule has 0 unspecified atom stereocenters. The fourth-order valence-electron chi connectivity index (χ4n) is 2.54. The lowest BCUT2D eigenvalue weighted by Gasteiger charge is -2.15. The molecule has 3 rings (SSSR count). The van der Waals surface area contributed by atoms with Crippen molar-refractivity contribution < 1.29 is 18.3 Å². The average Bonchev–Trinajstić information content (AvgIpc) is 3.20. The summed E-state index contributed by atoms with van der Waals surface area (Å²) in [5.41, 5.74) is 2.02. The predicted molar refractivity (Wildman–Crippen MR) is 84.6 cm³/mol. The van der Waals surface area contributed by atoms with Crippen molar-refractivity contribution in [2.45, 2.75) is 19.5 Å². The molecule has 7 heteroatoms. The highest BCUT2D eigenvalue weighted by atomic mass is 19.3. The lowest BCUT2D eigenvalue weighted by atomic mass is 10.1. The topological polar surface area (TPSA) is 47.4 Å². The molecule has 0 aliphatic carbocycles. The molecule has 1 aliphatic heterocycles. The number of likely N-dealkylation sites (N-methyl/N-ethyl adjacent to an activating group) is 1. The van der Waals surface area contributed by atoms with Crippen LogP contribution in [0.3, 0.4) is 0 Å². The van der Waals surface area contributed by atoms with E-state index in [1.54, 1.807) is 13.1 Å². The van der Waals surface area contributed by atoms with Crippen molar-refractivity contribution in [2.24, 2.45) is 0 Å². The van der Waals surface area contributed by atoms with Crippen LogP contribution in [0.5, 0.6) is 5.75 Å². The monoisotopic (exact) mass is 333 g/mol. The number of carbonyl (C=O) groups excluding carboxylic acids is 1. The van der Waals surface area contributed by atoms with Crippen LogP contribution in [0.2, 0.25) is 0 Å². The number of amides is 1. The van der Waals surface area contributed by atoms with Crippen molar-refractivity contribution in [3.8, 4) is 5.75 Å². The molecule has 0 atom stereocenters. The third-order valence-electron chi connectivity index (χ3n) is 3.85. The quantitative estimate of drug-likeness (QED) is 0.791. The van der Waals surface area contributed by atoms with Crippen LogP contribution in [-0.4, -0.2) is 34.0 Å². The smallest absolute Gasteiger partial charge is 0.319 e. The van der Waals surface area contributed by atoms with Crippen LogP contribution in [-0.2, 0) is 17.8 Å². The molecule has 0 bridgehead atoms. The van der Waals surface area contributed by atoms with E-state index in [0.717, 1.165) is 27.9 Å². The van der Waals surface area contributed by atoms with Gasteiger partial charge in [0.1, 0.15) is 11.6 Å². The number of hydrogen-bond acceptors (Lipinski definition) is 3. The van der Waals surface area contributed by atoms with E-state index in [2.05, 4.69) is 4.98 Å². The second kappa shape index (κ2) is 6.82. The highest BCUT2D eigenvalue weighted by molar-refractivity contribution is 5.91. The zero-order chi connectivity index (χ0) is 17.1. The Bertz CT molecular complexity index is 771. The van der Waals surface area contributed by atoms with Crippen LogP contribution in [0.4, 0.5) is 8.78 Å². The standard InChI is InChI=1S/C17H17F2N3O2/c1-21(11-15-20-7-8-22(15)17(18)19)16(23)5-3-12-2-4-14-13(10-12)6-9-24-14/h2-5,7-8,10,17H,6,9,11H2,1H3/b5-3+. The van der Waals surface area contributed by atoms with Gasteiger partial charge in [-0.15, -0.1) is 0 Å². The van der Waals surface area contributed by atoms with Crippen molar-refractivity contribution >= 4 is 12.0 Å². The molecule has 24 heavy (non-hydrogen) atoms. The van der Waals surface area contributed by atoms with E-state index in [1.807, 2.05) is 18.2 Å². The lowest BCUT2D eigenvalue weighted by molar-refractivity contribution is -0.125. The molecule has 0 spiro atoms. The van der Waals surface area contributed by atoms with Gasteiger partial charge in [0.2, 0.25) is 5.91 Å². The number of hydrogen-bond donors (Lipinski definition) is 0. The molecule has 0 fully saturated rings. The van der Waals surface area contributed by atoms with Crippen LogP contribution in [0.15, 0.2) is 36.7 Å². The van der Waals surface area contributed by atoms with Gasteiger partial charge in [-0.1, -0.05) is 6.07 Å². The van der Waals surface area contributed by atoms with E-state index in [-0.39, 0.29) is 18.3 Å². The highest BCUT2D eigenvalue weighted by Crippen LogP contribution is 2.26. The summed E-state index contributed by atoms with van der Waals surface area (Å²) in [6.07, 6.45) is 6.48. The molecule has 126 valence electrons. The number of halogens is 2. The Labute approximate surface area is 138 Å². The van der Waals surface area contributed by atoms with E-state index < -0.39 is 6.55 Å². The van der Waals surface area contributed by atoms with Gasteiger partial charge in [-0.3, -0.25) is 9.36 Å². The van der Waals surface area contributed by atoms with Crippen molar-refractivity contribution in [3.63, 3.8) is 0 Å². The summed E-state index contributed by atoms with van der Waals surface area (Å²) in [5.74, 6) is 0.744. The molecule has 2 aromatic rings. The Morgan fingerprint density at radius 3 is 3.12 bits per heavy atom. The molecule has 0 radical (unpaired) electrons. The number of ether oxygens (including phenoxy) is 1. The summed E-state index contributed by atoms with van der Waals surface area (Å²) < 4.78 is 31.8.